The lowest BCUT2D eigenvalue weighted by Gasteiger charge is -2.30. The number of benzene rings is 2. The number of hydrogen-bond acceptors (Lipinski definition) is 12. The molecule has 0 bridgehead atoms. The Kier molecular flexibility index (Phi) is 20.2. The molecular formula is C30H57Cl2N11O2. The minimum absolute atomic E-state index is 0. The summed E-state index contributed by atoms with van der Waals surface area (Å²) in [6.07, 6.45) is 6.75. The monoisotopic (exact) mass is 673 g/mol. The molecule has 13 nitrogen and oxygen atoms in total. The number of Topliss-reactive ketones (excluding diaryl/α,β-unsaturated/α-hetero) is 1. The standard InChI is InChI=1S/C28H32ClN7O2.2CH5N.ClH.2H3N.4H2/c29-22-9-3-4-10-23(22)31-25(38)19-24(37)20-11-13-21(14-12-20)30-26-32-27(35-15-5-1-6-16-35)34-28(33-26)36-17-7-2-8-18-36;2*1-2;;;;;;;/h3-4,9-14H,1-2,5-8,15-19H2,(H,31,38)(H,30,32,33,34);2*2H2,1H3;1H;2*1H3;4*1H. The molecule has 2 aliphatic heterocycles. The SMILES string of the molecule is CN.CN.Cl.N.N.O=C(CC(=O)c1ccc(Nc2nc(N3CCCCC3)nc(N3CCCCC3)n2)cc1)Nc1ccccc1Cl.[HH].[HH].[HH].[HH]. The van der Waals surface area contributed by atoms with Crippen molar-refractivity contribution in [1.29, 1.82) is 0 Å². The van der Waals surface area contributed by atoms with Gasteiger partial charge in [0.2, 0.25) is 23.8 Å². The number of carbonyl (C=O) groups is 2. The van der Waals surface area contributed by atoms with Crippen LogP contribution in [0.1, 0.15) is 61.0 Å². The van der Waals surface area contributed by atoms with Gasteiger partial charge in [0.25, 0.3) is 0 Å². The first-order chi connectivity index (χ1) is 20.5. The average molecular weight is 675 g/mol. The molecule has 1 aromatic heterocycles. The predicted molar refractivity (Wildman–Crippen MR) is 197 cm³/mol. The van der Waals surface area contributed by atoms with Crippen LogP contribution in [0.5, 0.6) is 0 Å². The molecule has 3 heterocycles. The molecule has 3 aromatic rings. The Bertz CT molecular complexity index is 1270. The van der Waals surface area contributed by atoms with Crippen molar-refractivity contribution >= 4 is 64.9 Å². The lowest BCUT2D eigenvalue weighted by Crippen LogP contribution is -2.34. The number of nitrogens with zero attached hydrogens (tertiary/aromatic N) is 5. The summed E-state index contributed by atoms with van der Waals surface area (Å²) in [5.41, 5.74) is 10.7. The van der Waals surface area contributed by atoms with E-state index in [4.69, 9.17) is 26.6 Å². The summed E-state index contributed by atoms with van der Waals surface area (Å²) in [5, 5.41) is 6.40. The number of rotatable bonds is 8. The number of nitrogens with two attached hydrogens (primary N) is 2. The summed E-state index contributed by atoms with van der Waals surface area (Å²) < 4.78 is 0. The molecule has 258 valence electrons. The largest absolute Gasteiger partial charge is 0.344 e. The molecule has 2 aromatic carbocycles. The Labute approximate surface area is 283 Å². The minimum Gasteiger partial charge on any atom is -0.344 e. The van der Waals surface area contributed by atoms with Crippen molar-refractivity contribution in [3.8, 4) is 0 Å². The Balaban J connectivity index is -0.000000566. The van der Waals surface area contributed by atoms with Crippen LogP contribution in [-0.4, -0.2) is 66.9 Å². The summed E-state index contributed by atoms with van der Waals surface area (Å²) >= 11 is 6.09. The average Bonchev–Trinajstić information content (AvgIpc) is 3.05. The second-order valence-corrected chi connectivity index (χ2v) is 10.1. The van der Waals surface area contributed by atoms with E-state index in [0.29, 0.717) is 34.1 Å². The maximum absolute atomic E-state index is 12.7. The van der Waals surface area contributed by atoms with Gasteiger partial charge in [-0.1, -0.05) is 23.7 Å². The number of aromatic nitrogens is 3. The maximum Gasteiger partial charge on any atom is 0.233 e. The lowest BCUT2D eigenvalue weighted by atomic mass is 10.1. The number of halogens is 2. The fourth-order valence-electron chi connectivity index (χ4n) is 4.75. The fraction of sp³-hybridized carbons (Fsp3) is 0.433. The number of carbonyl (C=O) groups excluding carboxylic acids is 2. The van der Waals surface area contributed by atoms with Gasteiger partial charge < -0.3 is 44.2 Å². The summed E-state index contributed by atoms with van der Waals surface area (Å²) in [6, 6.07) is 13.9. The van der Waals surface area contributed by atoms with E-state index in [9.17, 15) is 9.59 Å². The van der Waals surface area contributed by atoms with Gasteiger partial charge in [-0.25, -0.2) is 0 Å². The first-order valence-corrected chi connectivity index (χ1v) is 14.8. The Morgan fingerprint density at radius 1 is 0.778 bits per heavy atom. The molecule has 2 fully saturated rings. The molecule has 0 aliphatic carbocycles. The normalized spacial score (nSPS) is 13.5. The molecule has 2 aliphatic rings. The number of piperidine rings is 2. The molecule has 1 amide bonds. The van der Waals surface area contributed by atoms with Crippen LogP contribution in [0.2, 0.25) is 5.02 Å². The minimum atomic E-state index is -0.411. The molecule has 12 N–H and O–H groups in total. The first-order valence-electron chi connectivity index (χ1n) is 14.4. The summed E-state index contributed by atoms with van der Waals surface area (Å²) in [4.78, 5) is 43.8. The van der Waals surface area contributed by atoms with Crippen molar-refractivity contribution in [3.63, 3.8) is 0 Å². The zero-order valence-corrected chi connectivity index (χ0v) is 27.9. The number of amides is 1. The van der Waals surface area contributed by atoms with Gasteiger partial charge in [0.05, 0.1) is 17.1 Å². The van der Waals surface area contributed by atoms with Crippen molar-refractivity contribution in [2.45, 2.75) is 44.9 Å². The van der Waals surface area contributed by atoms with Crippen molar-refractivity contribution in [3.05, 3.63) is 59.1 Å². The van der Waals surface area contributed by atoms with Gasteiger partial charge in [0.15, 0.2) is 5.78 Å². The summed E-state index contributed by atoms with van der Waals surface area (Å²) in [6.45, 7) is 3.79. The van der Waals surface area contributed by atoms with Crippen LogP contribution in [0.4, 0.5) is 29.2 Å². The molecule has 0 atom stereocenters. The molecule has 0 radical (unpaired) electrons. The molecule has 2 saturated heterocycles. The third-order valence-corrected chi connectivity index (χ3v) is 7.15. The van der Waals surface area contributed by atoms with E-state index < -0.39 is 5.91 Å². The molecule has 0 unspecified atom stereocenters. The summed E-state index contributed by atoms with van der Waals surface area (Å²) in [7, 11) is 3.00. The van der Waals surface area contributed by atoms with Crippen LogP contribution in [0.3, 0.4) is 0 Å². The Hall–Kier alpha value is -3.59. The van der Waals surface area contributed by atoms with Crippen LogP contribution in [0.15, 0.2) is 48.5 Å². The van der Waals surface area contributed by atoms with E-state index in [1.54, 1.807) is 48.5 Å². The van der Waals surface area contributed by atoms with Gasteiger partial charge in [-0.05, 0) is 89.0 Å². The van der Waals surface area contributed by atoms with E-state index in [2.05, 4.69) is 31.9 Å². The molecule has 0 spiro atoms. The number of ketones is 1. The van der Waals surface area contributed by atoms with Gasteiger partial charge >= 0.3 is 0 Å². The smallest absolute Gasteiger partial charge is 0.233 e. The Morgan fingerprint density at radius 3 is 1.76 bits per heavy atom. The van der Waals surface area contributed by atoms with E-state index in [0.717, 1.165) is 57.5 Å². The highest BCUT2D eigenvalue weighted by atomic mass is 35.5. The van der Waals surface area contributed by atoms with Crippen LogP contribution >= 0.6 is 24.0 Å². The van der Waals surface area contributed by atoms with Crippen LogP contribution in [0, 0.1) is 0 Å². The zero-order valence-electron chi connectivity index (χ0n) is 26.3. The quantitative estimate of drug-likeness (QED) is 0.114. The van der Waals surface area contributed by atoms with Crippen LogP contribution in [0.25, 0.3) is 0 Å². The zero-order chi connectivity index (χ0) is 30.3. The highest BCUT2D eigenvalue weighted by molar-refractivity contribution is 6.33. The molecule has 15 heteroatoms. The predicted octanol–water partition coefficient (Wildman–Crippen LogP) is 6.34. The van der Waals surface area contributed by atoms with Gasteiger partial charge in [-0.3, -0.25) is 9.59 Å². The van der Waals surface area contributed by atoms with Crippen LogP contribution in [-0.2, 0) is 4.79 Å². The fourth-order valence-corrected chi connectivity index (χ4v) is 4.94. The molecule has 0 saturated carbocycles. The second kappa shape index (κ2) is 22.0. The van der Waals surface area contributed by atoms with E-state index in [1.807, 2.05) is 0 Å². The van der Waals surface area contributed by atoms with Crippen molar-refractivity contribution in [1.82, 2.24) is 27.3 Å². The van der Waals surface area contributed by atoms with Crippen molar-refractivity contribution in [2.24, 2.45) is 11.5 Å². The third-order valence-electron chi connectivity index (χ3n) is 6.82. The van der Waals surface area contributed by atoms with Gasteiger partial charge in [0.1, 0.15) is 0 Å². The topological polar surface area (TPSA) is 225 Å². The van der Waals surface area contributed by atoms with E-state index >= 15 is 0 Å². The highest BCUT2D eigenvalue weighted by Crippen LogP contribution is 2.25. The third kappa shape index (κ3) is 12.4. The van der Waals surface area contributed by atoms with Crippen molar-refractivity contribution in [2.75, 3.05) is 60.7 Å². The van der Waals surface area contributed by atoms with Crippen LogP contribution < -0.4 is 44.2 Å². The maximum atomic E-state index is 12.7. The number of para-hydroxylation sites is 1. The number of anilines is 5. The summed E-state index contributed by atoms with van der Waals surface area (Å²) in [5.74, 6) is 1.21. The molecule has 45 heavy (non-hydrogen) atoms. The Morgan fingerprint density at radius 2 is 1.27 bits per heavy atom. The van der Waals surface area contributed by atoms with Gasteiger partial charge in [-0.15, -0.1) is 12.4 Å². The van der Waals surface area contributed by atoms with E-state index in [1.165, 1.54) is 26.9 Å². The lowest BCUT2D eigenvalue weighted by molar-refractivity contribution is -0.115. The van der Waals surface area contributed by atoms with Gasteiger partial charge in [0, 0.05) is 43.1 Å². The molecular weight excluding hydrogens is 617 g/mol. The number of nitrogens with one attached hydrogen (secondary N) is 2. The van der Waals surface area contributed by atoms with Crippen molar-refractivity contribution < 1.29 is 15.3 Å². The second-order valence-electron chi connectivity index (χ2n) is 9.68. The number of hydrogen-bond donors (Lipinski definition) is 6. The highest BCUT2D eigenvalue weighted by Gasteiger charge is 2.20. The first kappa shape index (κ1) is 41.4. The molecule has 5 rings (SSSR count). The van der Waals surface area contributed by atoms with Gasteiger partial charge in [-0.2, -0.15) is 15.0 Å². The van der Waals surface area contributed by atoms with E-state index in [-0.39, 0.29) is 42.6 Å².